The summed E-state index contributed by atoms with van der Waals surface area (Å²) in [6.45, 7) is 4.59. The van der Waals surface area contributed by atoms with Gasteiger partial charge in [-0.25, -0.2) is 4.98 Å². The maximum Gasteiger partial charge on any atom is 0.315 e. The number of fused-ring (bicyclic) bond motifs is 1. The number of aromatic nitrogens is 1. The number of hydrogen-bond acceptors (Lipinski definition) is 4. The average molecular weight is 265 g/mol. The minimum atomic E-state index is -0.110. The highest BCUT2D eigenvalue weighted by Crippen LogP contribution is 2.50. The van der Waals surface area contributed by atoms with Gasteiger partial charge in [0.15, 0.2) is 0 Å². The van der Waals surface area contributed by atoms with Crippen LogP contribution in [0.3, 0.4) is 0 Å². The van der Waals surface area contributed by atoms with Gasteiger partial charge in [0.2, 0.25) is 0 Å². The van der Waals surface area contributed by atoms with E-state index in [-0.39, 0.29) is 11.9 Å². The summed E-state index contributed by atoms with van der Waals surface area (Å²) in [5.74, 6) is -0.197. The molecular weight excluding hydrogens is 246 g/mol. The fourth-order valence-electron chi connectivity index (χ4n) is 2.55. The number of esters is 1. The van der Waals surface area contributed by atoms with Crippen LogP contribution in [0.5, 0.6) is 0 Å². The number of aryl methyl sites for hydroxylation is 1. The van der Waals surface area contributed by atoms with Crippen molar-refractivity contribution < 1.29 is 9.53 Å². The van der Waals surface area contributed by atoms with Gasteiger partial charge in [0.05, 0.1) is 17.3 Å². The van der Waals surface area contributed by atoms with Crippen molar-refractivity contribution in [1.29, 1.82) is 0 Å². The SMILES string of the molecule is CCOC(=O)C1CCCc2sc(C3(C)CC3)nc21. The van der Waals surface area contributed by atoms with Crippen LogP contribution in [-0.4, -0.2) is 17.6 Å². The van der Waals surface area contributed by atoms with Gasteiger partial charge in [-0.15, -0.1) is 11.3 Å². The van der Waals surface area contributed by atoms with E-state index in [1.807, 2.05) is 18.3 Å². The molecule has 2 aliphatic carbocycles. The number of carbonyl (C=O) groups is 1. The van der Waals surface area contributed by atoms with E-state index < -0.39 is 0 Å². The largest absolute Gasteiger partial charge is 0.465 e. The van der Waals surface area contributed by atoms with Gasteiger partial charge in [-0.1, -0.05) is 6.92 Å². The number of thiazole rings is 1. The quantitative estimate of drug-likeness (QED) is 0.788. The van der Waals surface area contributed by atoms with Crippen molar-refractivity contribution in [2.75, 3.05) is 6.61 Å². The van der Waals surface area contributed by atoms with E-state index in [4.69, 9.17) is 9.72 Å². The molecule has 0 saturated heterocycles. The van der Waals surface area contributed by atoms with E-state index >= 15 is 0 Å². The molecule has 1 unspecified atom stereocenters. The molecule has 4 heteroatoms. The van der Waals surface area contributed by atoms with Crippen LogP contribution in [0.4, 0.5) is 0 Å². The molecule has 1 fully saturated rings. The highest BCUT2D eigenvalue weighted by molar-refractivity contribution is 7.12. The van der Waals surface area contributed by atoms with Gasteiger partial charge >= 0.3 is 5.97 Å². The molecule has 1 aromatic heterocycles. The van der Waals surface area contributed by atoms with Crippen LogP contribution in [0.15, 0.2) is 0 Å². The van der Waals surface area contributed by atoms with E-state index in [1.54, 1.807) is 0 Å². The fraction of sp³-hybridized carbons (Fsp3) is 0.714. The molecule has 18 heavy (non-hydrogen) atoms. The average Bonchev–Trinajstić information content (AvgIpc) is 2.94. The van der Waals surface area contributed by atoms with Crippen molar-refractivity contribution >= 4 is 17.3 Å². The monoisotopic (exact) mass is 265 g/mol. The summed E-state index contributed by atoms with van der Waals surface area (Å²) in [4.78, 5) is 18.1. The molecule has 0 aliphatic heterocycles. The Morgan fingerprint density at radius 2 is 2.33 bits per heavy atom. The highest BCUT2D eigenvalue weighted by atomic mass is 32.1. The van der Waals surface area contributed by atoms with Crippen LogP contribution < -0.4 is 0 Å². The maximum absolute atomic E-state index is 12.0. The number of ether oxygens (including phenoxy) is 1. The van der Waals surface area contributed by atoms with E-state index in [9.17, 15) is 4.79 Å². The van der Waals surface area contributed by atoms with Crippen LogP contribution >= 0.6 is 11.3 Å². The Morgan fingerprint density at radius 3 is 3.00 bits per heavy atom. The summed E-state index contributed by atoms with van der Waals surface area (Å²) in [6, 6.07) is 0. The summed E-state index contributed by atoms with van der Waals surface area (Å²) in [5, 5.41) is 1.24. The van der Waals surface area contributed by atoms with Gasteiger partial charge in [-0.2, -0.15) is 0 Å². The number of carbonyl (C=O) groups excluding carboxylic acids is 1. The molecule has 1 aromatic rings. The molecule has 1 saturated carbocycles. The normalized spacial score (nSPS) is 24.4. The van der Waals surface area contributed by atoms with Crippen LogP contribution in [0.2, 0.25) is 0 Å². The van der Waals surface area contributed by atoms with Gasteiger partial charge in [0, 0.05) is 10.3 Å². The standard InChI is InChI=1S/C14H19NO2S/c1-3-17-12(16)9-5-4-6-10-11(9)15-13(18-10)14(2)7-8-14/h9H,3-8H2,1-2H3. The van der Waals surface area contributed by atoms with Crippen molar-refractivity contribution in [1.82, 2.24) is 4.98 Å². The predicted octanol–water partition coefficient (Wildman–Crippen LogP) is 3.18. The summed E-state index contributed by atoms with van der Waals surface area (Å²) < 4.78 is 5.17. The molecule has 1 atom stereocenters. The Balaban J connectivity index is 1.90. The lowest BCUT2D eigenvalue weighted by molar-refractivity contribution is -0.145. The molecule has 0 amide bonds. The lowest BCUT2D eigenvalue weighted by atomic mass is 9.91. The van der Waals surface area contributed by atoms with Gasteiger partial charge < -0.3 is 4.74 Å². The first kappa shape index (κ1) is 12.2. The zero-order valence-corrected chi connectivity index (χ0v) is 11.8. The first-order chi connectivity index (χ1) is 8.64. The fourth-order valence-corrected chi connectivity index (χ4v) is 3.92. The molecular formula is C14H19NO2S. The van der Waals surface area contributed by atoms with E-state index in [0.29, 0.717) is 12.0 Å². The van der Waals surface area contributed by atoms with E-state index in [2.05, 4.69) is 6.92 Å². The van der Waals surface area contributed by atoms with Crippen LogP contribution in [0, 0.1) is 0 Å². The maximum atomic E-state index is 12.0. The number of hydrogen-bond donors (Lipinski definition) is 0. The summed E-state index contributed by atoms with van der Waals surface area (Å²) in [6.07, 6.45) is 5.53. The Labute approximate surface area is 112 Å². The van der Waals surface area contributed by atoms with E-state index in [1.165, 1.54) is 22.7 Å². The third-order valence-corrected chi connectivity index (χ3v) is 5.48. The second-order valence-corrected chi connectivity index (χ2v) is 6.67. The minimum Gasteiger partial charge on any atom is -0.465 e. The lowest BCUT2D eigenvalue weighted by Crippen LogP contribution is -2.20. The van der Waals surface area contributed by atoms with Crippen LogP contribution in [0.1, 0.15) is 61.0 Å². The first-order valence-electron chi connectivity index (χ1n) is 6.81. The first-order valence-corrected chi connectivity index (χ1v) is 7.62. The molecule has 2 aliphatic rings. The summed E-state index contributed by atoms with van der Waals surface area (Å²) >= 11 is 1.83. The Morgan fingerprint density at radius 1 is 1.56 bits per heavy atom. The minimum absolute atomic E-state index is 0.0868. The summed E-state index contributed by atoms with van der Waals surface area (Å²) in [5.41, 5.74) is 1.33. The lowest BCUT2D eigenvalue weighted by Gasteiger charge is -2.19. The Hall–Kier alpha value is -0.900. The molecule has 0 bridgehead atoms. The smallest absolute Gasteiger partial charge is 0.315 e. The topological polar surface area (TPSA) is 39.2 Å². The number of rotatable bonds is 3. The third kappa shape index (κ3) is 1.96. The molecule has 0 spiro atoms. The van der Waals surface area contributed by atoms with Gasteiger partial charge in [0.25, 0.3) is 0 Å². The highest BCUT2D eigenvalue weighted by Gasteiger charge is 2.43. The Kier molecular flexibility index (Phi) is 2.93. The molecule has 98 valence electrons. The second-order valence-electron chi connectivity index (χ2n) is 5.58. The molecule has 0 N–H and O–H groups in total. The zero-order valence-electron chi connectivity index (χ0n) is 11.0. The molecule has 0 radical (unpaired) electrons. The van der Waals surface area contributed by atoms with Crippen molar-refractivity contribution in [3.8, 4) is 0 Å². The molecule has 1 heterocycles. The van der Waals surface area contributed by atoms with Gasteiger partial charge in [-0.05, 0) is 39.0 Å². The Bertz CT molecular complexity index is 476. The molecule has 3 rings (SSSR count). The third-order valence-electron chi connectivity index (χ3n) is 4.04. The van der Waals surface area contributed by atoms with Crippen molar-refractivity contribution in [3.63, 3.8) is 0 Å². The second kappa shape index (κ2) is 4.34. The van der Waals surface area contributed by atoms with Gasteiger partial charge in [-0.3, -0.25) is 4.79 Å². The predicted molar refractivity (Wildman–Crippen MR) is 71.0 cm³/mol. The molecule has 3 nitrogen and oxygen atoms in total. The van der Waals surface area contributed by atoms with Crippen LogP contribution in [0.25, 0.3) is 0 Å². The zero-order chi connectivity index (χ0) is 12.8. The van der Waals surface area contributed by atoms with Crippen molar-refractivity contribution in [3.05, 3.63) is 15.6 Å². The van der Waals surface area contributed by atoms with Crippen LogP contribution in [-0.2, 0) is 21.4 Å². The van der Waals surface area contributed by atoms with Crippen molar-refractivity contribution in [2.45, 2.75) is 57.3 Å². The summed E-state index contributed by atoms with van der Waals surface area (Å²) in [7, 11) is 0. The van der Waals surface area contributed by atoms with Gasteiger partial charge in [0.1, 0.15) is 5.92 Å². The number of nitrogens with zero attached hydrogens (tertiary/aromatic N) is 1. The van der Waals surface area contributed by atoms with E-state index in [0.717, 1.165) is 25.0 Å². The van der Waals surface area contributed by atoms with Crippen molar-refractivity contribution in [2.24, 2.45) is 0 Å². The molecule has 0 aromatic carbocycles.